The minimum absolute atomic E-state index is 0.554. The van der Waals surface area contributed by atoms with Crippen LogP contribution in [0.1, 0.15) is 6.92 Å². The Bertz CT molecular complexity index is 409. The first kappa shape index (κ1) is 12.5. The number of hydrogen-bond donors (Lipinski definition) is 3. The largest absolute Gasteiger partial charge is 0.480 e. The zero-order valence-electron chi connectivity index (χ0n) is 8.53. The predicted molar refractivity (Wildman–Crippen MR) is 63.4 cm³/mol. The molecule has 1 rings (SSSR count). The molecule has 1 aromatic rings. The lowest BCUT2D eigenvalue weighted by Gasteiger charge is -2.11. The van der Waals surface area contributed by atoms with Crippen molar-refractivity contribution in [2.45, 2.75) is 13.0 Å². The van der Waals surface area contributed by atoms with E-state index in [9.17, 15) is 9.59 Å². The van der Waals surface area contributed by atoms with Gasteiger partial charge >= 0.3 is 12.0 Å². The van der Waals surface area contributed by atoms with Gasteiger partial charge in [-0.3, -0.25) is 4.79 Å². The second-order valence-corrected chi connectivity index (χ2v) is 3.99. The van der Waals surface area contributed by atoms with Gasteiger partial charge < -0.3 is 15.7 Å². The summed E-state index contributed by atoms with van der Waals surface area (Å²) in [7, 11) is 0. The second-order valence-electron chi connectivity index (χ2n) is 3.14. The molecule has 0 aliphatic rings. The molecule has 0 aliphatic carbocycles. The van der Waals surface area contributed by atoms with Gasteiger partial charge in [-0.05, 0) is 35.0 Å². The molecule has 1 aromatic carbocycles. The van der Waals surface area contributed by atoms with Gasteiger partial charge in [0.2, 0.25) is 0 Å². The van der Waals surface area contributed by atoms with E-state index < -0.39 is 18.0 Å². The molecule has 0 fully saturated rings. The molecule has 5 nitrogen and oxygen atoms in total. The van der Waals surface area contributed by atoms with Crippen LogP contribution < -0.4 is 10.6 Å². The molecule has 6 heteroatoms. The number of carbonyl (C=O) groups excluding carboxylic acids is 1. The average Bonchev–Trinajstić information content (AvgIpc) is 2.21. The number of aliphatic carboxylic acids is 1. The number of benzene rings is 1. The van der Waals surface area contributed by atoms with Gasteiger partial charge in [0.25, 0.3) is 0 Å². The van der Waals surface area contributed by atoms with Crippen LogP contribution in [0, 0.1) is 0 Å². The Morgan fingerprint density at radius 3 is 2.56 bits per heavy atom. The van der Waals surface area contributed by atoms with E-state index >= 15 is 0 Å². The van der Waals surface area contributed by atoms with Crippen LogP contribution in [0.3, 0.4) is 0 Å². The molecule has 16 heavy (non-hydrogen) atoms. The van der Waals surface area contributed by atoms with Crippen molar-refractivity contribution >= 4 is 33.6 Å². The molecule has 86 valence electrons. The van der Waals surface area contributed by atoms with Crippen LogP contribution in [0.15, 0.2) is 28.7 Å². The summed E-state index contributed by atoms with van der Waals surface area (Å²) >= 11 is 3.26. The topological polar surface area (TPSA) is 78.4 Å². The van der Waals surface area contributed by atoms with Gasteiger partial charge in [0.15, 0.2) is 0 Å². The van der Waals surface area contributed by atoms with Crippen LogP contribution in [0.4, 0.5) is 10.5 Å². The van der Waals surface area contributed by atoms with Gasteiger partial charge in [-0.15, -0.1) is 0 Å². The molecule has 3 N–H and O–H groups in total. The first-order chi connectivity index (χ1) is 7.50. The Kier molecular flexibility index (Phi) is 4.30. The Labute approximate surface area is 101 Å². The van der Waals surface area contributed by atoms with E-state index in [1.165, 1.54) is 6.92 Å². The Hall–Kier alpha value is -1.56. The van der Waals surface area contributed by atoms with Gasteiger partial charge in [0, 0.05) is 4.47 Å². The summed E-state index contributed by atoms with van der Waals surface area (Å²) < 4.78 is 0.730. The van der Waals surface area contributed by atoms with Crippen molar-refractivity contribution in [1.29, 1.82) is 0 Å². The molecule has 0 unspecified atom stereocenters. The molecule has 0 heterocycles. The number of halogens is 1. The van der Waals surface area contributed by atoms with E-state index in [-0.39, 0.29) is 0 Å². The van der Waals surface area contributed by atoms with Gasteiger partial charge in [0.05, 0.1) is 5.69 Å². The van der Waals surface area contributed by atoms with E-state index in [0.29, 0.717) is 5.69 Å². The predicted octanol–water partition coefficient (Wildman–Crippen LogP) is 2.04. The highest BCUT2D eigenvalue weighted by atomic mass is 79.9. The quantitative estimate of drug-likeness (QED) is 0.796. The number of carboxylic acids is 1. The van der Waals surface area contributed by atoms with Crippen molar-refractivity contribution in [1.82, 2.24) is 5.32 Å². The SMILES string of the molecule is C[C@H](NC(=O)Nc1ccccc1Br)C(=O)O. The lowest BCUT2D eigenvalue weighted by atomic mass is 10.3. The average molecular weight is 287 g/mol. The van der Waals surface area contributed by atoms with Crippen molar-refractivity contribution < 1.29 is 14.7 Å². The number of amides is 2. The third kappa shape index (κ3) is 3.54. The summed E-state index contributed by atoms with van der Waals surface area (Å²) in [6.45, 7) is 1.39. The molecule has 0 aliphatic heterocycles. The fourth-order valence-electron chi connectivity index (χ4n) is 0.979. The minimum Gasteiger partial charge on any atom is -0.480 e. The monoisotopic (exact) mass is 286 g/mol. The van der Waals surface area contributed by atoms with Crippen molar-refractivity contribution in [3.05, 3.63) is 28.7 Å². The van der Waals surface area contributed by atoms with Gasteiger partial charge in [-0.2, -0.15) is 0 Å². The van der Waals surface area contributed by atoms with Crippen LogP contribution in [0.5, 0.6) is 0 Å². The number of hydrogen-bond acceptors (Lipinski definition) is 2. The van der Waals surface area contributed by atoms with Crippen molar-refractivity contribution in [2.24, 2.45) is 0 Å². The first-order valence-electron chi connectivity index (χ1n) is 4.55. The number of anilines is 1. The molecular formula is C10H11BrN2O3. The van der Waals surface area contributed by atoms with Crippen molar-refractivity contribution in [3.63, 3.8) is 0 Å². The fourth-order valence-corrected chi connectivity index (χ4v) is 1.36. The molecule has 0 radical (unpaired) electrons. The van der Waals surface area contributed by atoms with Crippen LogP contribution >= 0.6 is 15.9 Å². The van der Waals surface area contributed by atoms with E-state index in [1.807, 2.05) is 6.07 Å². The molecule has 0 saturated heterocycles. The van der Waals surface area contributed by atoms with Gasteiger partial charge in [0.1, 0.15) is 6.04 Å². The summed E-state index contributed by atoms with van der Waals surface area (Å²) in [4.78, 5) is 21.9. The van der Waals surface area contributed by atoms with Crippen molar-refractivity contribution in [3.8, 4) is 0 Å². The molecule has 0 spiro atoms. The maximum Gasteiger partial charge on any atom is 0.325 e. The number of rotatable bonds is 3. The van der Waals surface area contributed by atoms with Crippen LogP contribution in [-0.2, 0) is 4.79 Å². The zero-order chi connectivity index (χ0) is 12.1. The number of carbonyl (C=O) groups is 2. The van der Waals surface area contributed by atoms with Gasteiger partial charge in [-0.25, -0.2) is 4.79 Å². The summed E-state index contributed by atoms with van der Waals surface area (Å²) in [6.07, 6.45) is 0. The first-order valence-corrected chi connectivity index (χ1v) is 5.35. The number of urea groups is 1. The maximum absolute atomic E-state index is 11.4. The molecule has 0 saturated carbocycles. The van der Waals surface area contributed by atoms with E-state index in [0.717, 1.165) is 4.47 Å². The van der Waals surface area contributed by atoms with E-state index in [1.54, 1.807) is 18.2 Å². The maximum atomic E-state index is 11.4. The van der Waals surface area contributed by atoms with E-state index in [4.69, 9.17) is 5.11 Å². The van der Waals surface area contributed by atoms with Gasteiger partial charge in [-0.1, -0.05) is 12.1 Å². The normalized spacial score (nSPS) is 11.6. The lowest BCUT2D eigenvalue weighted by molar-refractivity contribution is -0.138. The standard InChI is InChI=1S/C10H11BrN2O3/c1-6(9(14)15)12-10(16)13-8-5-3-2-4-7(8)11/h2-6H,1H3,(H,14,15)(H2,12,13,16)/t6-/m0/s1. The molecule has 0 aromatic heterocycles. The Balaban J connectivity index is 2.59. The number of carboxylic acid groups (broad SMARTS) is 1. The minimum atomic E-state index is -1.08. The summed E-state index contributed by atoms with van der Waals surface area (Å²) in [5, 5.41) is 13.4. The van der Waals surface area contributed by atoms with Crippen LogP contribution in [0.2, 0.25) is 0 Å². The fraction of sp³-hybridized carbons (Fsp3) is 0.200. The van der Waals surface area contributed by atoms with Crippen LogP contribution in [0.25, 0.3) is 0 Å². The summed E-state index contributed by atoms with van der Waals surface area (Å²) in [6, 6.07) is 5.57. The summed E-state index contributed by atoms with van der Waals surface area (Å²) in [5.41, 5.74) is 0.581. The highest BCUT2D eigenvalue weighted by Crippen LogP contribution is 2.20. The molecule has 0 bridgehead atoms. The molecule has 2 amide bonds. The number of para-hydroxylation sites is 1. The molecule has 1 atom stereocenters. The van der Waals surface area contributed by atoms with Crippen molar-refractivity contribution in [2.75, 3.05) is 5.32 Å². The molecular weight excluding hydrogens is 276 g/mol. The zero-order valence-corrected chi connectivity index (χ0v) is 10.1. The highest BCUT2D eigenvalue weighted by molar-refractivity contribution is 9.10. The summed E-state index contributed by atoms with van der Waals surface area (Å²) in [5.74, 6) is -1.08. The second kappa shape index (κ2) is 5.50. The third-order valence-electron chi connectivity index (χ3n) is 1.84. The Morgan fingerprint density at radius 1 is 1.38 bits per heavy atom. The number of nitrogens with one attached hydrogen (secondary N) is 2. The Morgan fingerprint density at radius 2 is 2.00 bits per heavy atom. The lowest BCUT2D eigenvalue weighted by Crippen LogP contribution is -2.40. The van der Waals surface area contributed by atoms with E-state index in [2.05, 4.69) is 26.6 Å². The smallest absolute Gasteiger partial charge is 0.325 e. The van der Waals surface area contributed by atoms with Crippen LogP contribution in [-0.4, -0.2) is 23.1 Å². The highest BCUT2D eigenvalue weighted by Gasteiger charge is 2.14. The third-order valence-corrected chi connectivity index (χ3v) is 2.53.